The molecular formula is C20H26O4. The third-order valence-corrected chi connectivity index (χ3v) is 7.09. The Bertz CT molecular complexity index is 634. The van der Waals surface area contributed by atoms with E-state index < -0.39 is 5.41 Å². The van der Waals surface area contributed by atoms with Crippen LogP contribution in [0.25, 0.3) is 0 Å². The summed E-state index contributed by atoms with van der Waals surface area (Å²) in [7, 11) is 0. The Morgan fingerprint density at radius 3 is 2.88 bits per heavy atom. The molecule has 2 aliphatic carbocycles. The highest BCUT2D eigenvalue weighted by molar-refractivity contribution is 5.90. The highest BCUT2D eigenvalue weighted by atomic mass is 16.5. The van der Waals surface area contributed by atoms with Gasteiger partial charge in [0.15, 0.2) is 0 Å². The van der Waals surface area contributed by atoms with E-state index in [0.29, 0.717) is 25.6 Å². The first kappa shape index (κ1) is 15.9. The van der Waals surface area contributed by atoms with Gasteiger partial charge in [0.25, 0.3) is 0 Å². The Morgan fingerprint density at radius 1 is 1.29 bits per heavy atom. The van der Waals surface area contributed by atoms with Gasteiger partial charge in [-0.1, -0.05) is 25.5 Å². The summed E-state index contributed by atoms with van der Waals surface area (Å²) in [6, 6.07) is 0. The molecule has 4 heteroatoms. The first-order valence-corrected chi connectivity index (χ1v) is 9.18. The van der Waals surface area contributed by atoms with Crippen molar-refractivity contribution in [3.63, 3.8) is 0 Å². The Hall–Kier alpha value is -1.58. The molecule has 2 saturated carbocycles. The molecule has 0 aromatic carbocycles. The number of allylic oxidation sites excluding steroid dienone is 1. The van der Waals surface area contributed by atoms with Crippen LogP contribution in [0.3, 0.4) is 0 Å². The third kappa shape index (κ3) is 2.11. The predicted molar refractivity (Wildman–Crippen MR) is 89.0 cm³/mol. The van der Waals surface area contributed by atoms with Gasteiger partial charge in [-0.05, 0) is 56.4 Å². The monoisotopic (exact) mass is 330 g/mol. The molecule has 24 heavy (non-hydrogen) atoms. The summed E-state index contributed by atoms with van der Waals surface area (Å²) in [5.41, 5.74) is 1.62. The molecule has 0 radical (unpaired) electrons. The number of ether oxygens (including phenoxy) is 2. The van der Waals surface area contributed by atoms with E-state index in [1.165, 1.54) is 5.57 Å². The van der Waals surface area contributed by atoms with Crippen LogP contribution in [0.15, 0.2) is 23.8 Å². The zero-order chi connectivity index (χ0) is 16.9. The van der Waals surface area contributed by atoms with E-state index in [1.807, 2.05) is 6.08 Å². The average molecular weight is 330 g/mol. The summed E-state index contributed by atoms with van der Waals surface area (Å²) in [6.45, 7) is 7.55. The van der Waals surface area contributed by atoms with Crippen molar-refractivity contribution in [2.24, 2.45) is 22.7 Å². The van der Waals surface area contributed by atoms with Gasteiger partial charge in [-0.2, -0.15) is 0 Å². The number of esters is 2. The fourth-order valence-corrected chi connectivity index (χ4v) is 5.93. The maximum Gasteiger partial charge on any atom is 0.334 e. The Kier molecular flexibility index (Phi) is 3.63. The van der Waals surface area contributed by atoms with Crippen LogP contribution in [0, 0.1) is 22.7 Å². The van der Waals surface area contributed by atoms with E-state index in [-0.39, 0.29) is 23.3 Å². The van der Waals surface area contributed by atoms with E-state index in [0.717, 1.165) is 44.1 Å². The number of carbonyl (C=O) groups excluding carboxylic acids is 2. The first-order valence-electron chi connectivity index (χ1n) is 9.18. The molecule has 4 nitrogen and oxygen atoms in total. The summed E-state index contributed by atoms with van der Waals surface area (Å²) < 4.78 is 10.7. The van der Waals surface area contributed by atoms with E-state index in [4.69, 9.17) is 9.47 Å². The van der Waals surface area contributed by atoms with Crippen LogP contribution in [0.1, 0.15) is 51.9 Å². The third-order valence-electron chi connectivity index (χ3n) is 7.09. The molecule has 0 N–H and O–H groups in total. The lowest BCUT2D eigenvalue weighted by Crippen LogP contribution is -2.61. The van der Waals surface area contributed by atoms with Crippen molar-refractivity contribution in [2.75, 3.05) is 13.2 Å². The molecule has 0 aromatic rings. The van der Waals surface area contributed by atoms with E-state index >= 15 is 0 Å². The molecule has 0 spiro atoms. The minimum absolute atomic E-state index is 0.0153. The lowest BCUT2D eigenvalue weighted by atomic mass is 9.45. The minimum Gasteiger partial charge on any atom is -0.465 e. The van der Waals surface area contributed by atoms with Gasteiger partial charge in [0, 0.05) is 11.0 Å². The van der Waals surface area contributed by atoms with Crippen LogP contribution in [-0.2, 0) is 19.1 Å². The maximum absolute atomic E-state index is 13.0. The zero-order valence-corrected chi connectivity index (χ0v) is 14.4. The largest absolute Gasteiger partial charge is 0.465 e. The molecule has 4 rings (SSSR count). The number of rotatable bonds is 3. The van der Waals surface area contributed by atoms with E-state index in [9.17, 15) is 9.59 Å². The first-order chi connectivity index (χ1) is 11.5. The highest BCUT2D eigenvalue weighted by Crippen LogP contribution is 2.64. The lowest BCUT2D eigenvalue weighted by Gasteiger charge is -2.61. The Morgan fingerprint density at radius 2 is 2.12 bits per heavy atom. The van der Waals surface area contributed by atoms with Crippen LogP contribution in [0.2, 0.25) is 0 Å². The van der Waals surface area contributed by atoms with Gasteiger partial charge >= 0.3 is 11.9 Å². The molecule has 1 unspecified atom stereocenters. The average Bonchev–Trinajstić information content (AvgIpc) is 2.96. The fourth-order valence-electron chi connectivity index (χ4n) is 5.93. The molecule has 0 amide bonds. The molecule has 2 heterocycles. The molecule has 130 valence electrons. The molecule has 0 aromatic heterocycles. The summed E-state index contributed by atoms with van der Waals surface area (Å²) >= 11 is 0. The number of cyclic esters (lactones) is 2. The molecular weight excluding hydrogens is 304 g/mol. The fraction of sp³-hybridized carbons (Fsp3) is 0.700. The van der Waals surface area contributed by atoms with Gasteiger partial charge < -0.3 is 9.47 Å². The molecule has 4 aliphatic rings. The van der Waals surface area contributed by atoms with Crippen LogP contribution in [0.5, 0.6) is 0 Å². The van der Waals surface area contributed by atoms with Crippen molar-refractivity contribution in [2.45, 2.75) is 51.9 Å². The van der Waals surface area contributed by atoms with Crippen molar-refractivity contribution in [1.82, 2.24) is 0 Å². The molecule has 2 bridgehead atoms. The lowest BCUT2D eigenvalue weighted by molar-refractivity contribution is -0.207. The van der Waals surface area contributed by atoms with Crippen LogP contribution < -0.4 is 0 Å². The predicted octanol–water partition coefficient (Wildman–Crippen LogP) is 3.57. The number of hydrogen-bond acceptors (Lipinski definition) is 4. The SMILES string of the molecule is C=C1CCC2[C@@]3(C)CCC[C@@]2(C(=O)OC3)[C@@H]1CCC1=CCOC1=O. The summed E-state index contributed by atoms with van der Waals surface area (Å²) in [5.74, 6) is 0.293. The second-order valence-corrected chi connectivity index (χ2v) is 8.29. The van der Waals surface area contributed by atoms with Gasteiger partial charge in [0.1, 0.15) is 6.61 Å². The van der Waals surface area contributed by atoms with Crippen molar-refractivity contribution in [1.29, 1.82) is 0 Å². The van der Waals surface area contributed by atoms with E-state index in [2.05, 4.69) is 13.5 Å². The quantitative estimate of drug-likeness (QED) is 0.586. The van der Waals surface area contributed by atoms with Crippen molar-refractivity contribution in [3.05, 3.63) is 23.8 Å². The summed E-state index contributed by atoms with van der Waals surface area (Å²) in [5, 5.41) is 0. The second kappa shape index (κ2) is 5.47. The number of hydrogen-bond donors (Lipinski definition) is 0. The molecule has 1 saturated heterocycles. The standard InChI is InChI=1S/C20H26O4/c1-13-4-7-16-19(2)9-3-10-20(16,18(22)24-12-19)15(13)6-5-14-8-11-23-17(14)21/h8,15-16H,1,3-7,9-12H2,2H3/t15-,16?,19+,20-/m1/s1. The Balaban J connectivity index is 1.65. The van der Waals surface area contributed by atoms with Crippen LogP contribution in [-0.4, -0.2) is 25.2 Å². The smallest absolute Gasteiger partial charge is 0.334 e. The van der Waals surface area contributed by atoms with Crippen LogP contribution >= 0.6 is 0 Å². The minimum atomic E-state index is -0.413. The number of carbonyl (C=O) groups is 2. The molecule has 3 fully saturated rings. The molecule has 4 atom stereocenters. The van der Waals surface area contributed by atoms with Crippen molar-refractivity contribution < 1.29 is 19.1 Å². The maximum atomic E-state index is 13.0. The summed E-state index contributed by atoms with van der Waals surface area (Å²) in [6.07, 6.45) is 8.49. The van der Waals surface area contributed by atoms with Gasteiger partial charge in [-0.15, -0.1) is 0 Å². The van der Waals surface area contributed by atoms with Gasteiger partial charge in [0.05, 0.1) is 12.0 Å². The zero-order valence-electron chi connectivity index (χ0n) is 14.4. The van der Waals surface area contributed by atoms with Crippen LogP contribution in [0.4, 0.5) is 0 Å². The summed E-state index contributed by atoms with van der Waals surface area (Å²) in [4.78, 5) is 24.7. The molecule has 2 aliphatic heterocycles. The van der Waals surface area contributed by atoms with Crippen molar-refractivity contribution >= 4 is 11.9 Å². The topological polar surface area (TPSA) is 52.6 Å². The van der Waals surface area contributed by atoms with Crippen molar-refractivity contribution in [3.8, 4) is 0 Å². The second-order valence-electron chi connectivity index (χ2n) is 8.29. The van der Waals surface area contributed by atoms with Gasteiger partial charge in [0.2, 0.25) is 0 Å². The Labute approximate surface area is 143 Å². The highest BCUT2D eigenvalue weighted by Gasteiger charge is 2.64. The van der Waals surface area contributed by atoms with E-state index in [1.54, 1.807) is 0 Å². The van der Waals surface area contributed by atoms with Gasteiger partial charge in [-0.25, -0.2) is 4.79 Å². The normalized spacial score (nSPS) is 41.4. The van der Waals surface area contributed by atoms with Gasteiger partial charge in [-0.3, -0.25) is 4.79 Å².